The SMILES string of the molecule is C[n+]1ccc(C2=C3C=CC(=N3)C(c3cc[n+](C)cc3)=c3ccc4[n]3[Al]([Cl])[n]3c2ccc3C(c2cc[n+](C)cc2)=C2C=CC(=N2)C=4c2cc[n+](C)cc2)cc1. The van der Waals surface area contributed by atoms with E-state index in [1.165, 1.54) is 0 Å². The number of hydrogen-bond donors (Lipinski definition) is 0. The van der Waals surface area contributed by atoms with Crippen molar-refractivity contribution in [2.24, 2.45) is 38.2 Å². The summed E-state index contributed by atoms with van der Waals surface area (Å²) >= 11 is -2.74. The minimum Gasteiger partial charge on any atom is -0.401 e. The van der Waals surface area contributed by atoms with Crippen molar-refractivity contribution in [3.8, 4) is 0 Å². The van der Waals surface area contributed by atoms with Gasteiger partial charge in [-0.1, -0.05) is 0 Å². The van der Waals surface area contributed by atoms with Crippen LogP contribution in [0.25, 0.3) is 22.3 Å². The molecule has 8 nitrogen and oxygen atoms in total. The Labute approximate surface area is 321 Å². The minimum absolute atomic E-state index is 0.903. The molecule has 4 aliphatic heterocycles. The Morgan fingerprint density at radius 3 is 1.11 bits per heavy atom. The molecule has 258 valence electrons. The van der Waals surface area contributed by atoms with E-state index in [1.54, 1.807) is 0 Å². The van der Waals surface area contributed by atoms with Crippen molar-refractivity contribution < 1.29 is 18.3 Å². The van der Waals surface area contributed by atoms with Crippen LogP contribution in [0.3, 0.4) is 0 Å². The van der Waals surface area contributed by atoms with Crippen LogP contribution < -0.4 is 29.0 Å². The average molecular weight is 739 g/mol. The summed E-state index contributed by atoms with van der Waals surface area (Å²) in [5.74, 6) is 0. The number of pyridine rings is 4. The number of allylic oxidation sites excluding steroid dienone is 4. The van der Waals surface area contributed by atoms with E-state index in [2.05, 4.69) is 172 Å². The molecule has 0 aliphatic carbocycles. The van der Waals surface area contributed by atoms with Gasteiger partial charge in [0.05, 0.1) is 22.8 Å². The number of rotatable bonds is 4. The highest BCUT2D eigenvalue weighted by Crippen LogP contribution is 2.39. The summed E-state index contributed by atoms with van der Waals surface area (Å²) in [7, 11) is 16.5. The van der Waals surface area contributed by atoms with Gasteiger partial charge < -0.3 is 7.10 Å². The molecule has 10 heterocycles. The molecule has 0 radical (unpaired) electrons. The zero-order chi connectivity index (χ0) is 36.7. The number of aryl methyl sites for hydroxylation is 4. The third-order valence-electron chi connectivity index (χ3n) is 10.7. The quantitative estimate of drug-likeness (QED) is 0.197. The molecule has 0 atom stereocenters. The molecule has 0 spiro atoms. The van der Waals surface area contributed by atoms with Crippen molar-refractivity contribution in [3.05, 3.63) is 202 Å². The molecule has 0 saturated carbocycles. The monoisotopic (exact) mass is 738 g/mol. The first-order valence-electron chi connectivity index (χ1n) is 18.0. The fraction of sp³-hybridized carbons (Fsp3) is 0.0909. The van der Waals surface area contributed by atoms with Crippen LogP contribution in [0.5, 0.6) is 0 Å². The average Bonchev–Trinajstić information content (AvgIpc) is 4.00. The Kier molecular flexibility index (Phi) is 7.60. The Bertz CT molecular complexity index is 2690. The second-order valence-corrected chi connectivity index (χ2v) is 17.0. The fourth-order valence-corrected chi connectivity index (χ4v) is 11.2. The van der Waals surface area contributed by atoms with Gasteiger partial charge in [0.2, 0.25) is 0 Å². The predicted octanol–water partition coefficient (Wildman–Crippen LogP) is 3.17. The molecule has 0 aromatic carbocycles. The van der Waals surface area contributed by atoms with Gasteiger partial charge in [0, 0.05) is 92.9 Å². The zero-order valence-electron chi connectivity index (χ0n) is 30.4. The maximum atomic E-state index is 8.31. The van der Waals surface area contributed by atoms with Crippen molar-refractivity contribution in [2.75, 3.05) is 0 Å². The number of hydrogen-bond acceptors (Lipinski definition) is 2. The van der Waals surface area contributed by atoms with E-state index in [-0.39, 0.29) is 0 Å². The summed E-state index contributed by atoms with van der Waals surface area (Å²) in [4.78, 5) is 10.9. The van der Waals surface area contributed by atoms with Crippen LogP contribution in [0.2, 0.25) is 0 Å². The summed E-state index contributed by atoms with van der Waals surface area (Å²) < 4.78 is 13.1. The number of halogens is 1. The molecule has 6 aromatic rings. The molecule has 10 heteroatoms. The lowest BCUT2D eigenvalue weighted by Gasteiger charge is -2.24. The van der Waals surface area contributed by atoms with E-state index < -0.39 is 13.7 Å². The molecule has 0 saturated heterocycles. The molecule has 0 fully saturated rings. The first-order chi connectivity index (χ1) is 26.3. The fourth-order valence-electron chi connectivity index (χ4n) is 7.95. The van der Waals surface area contributed by atoms with Crippen molar-refractivity contribution in [1.82, 2.24) is 7.10 Å². The molecule has 6 bridgehead atoms. The molecule has 0 amide bonds. The van der Waals surface area contributed by atoms with Gasteiger partial charge in [0.25, 0.3) is 0 Å². The van der Waals surface area contributed by atoms with Crippen LogP contribution in [-0.2, 0) is 28.2 Å². The van der Waals surface area contributed by atoms with Crippen LogP contribution >= 0.6 is 10.0 Å². The summed E-state index contributed by atoms with van der Waals surface area (Å²) in [6.07, 6.45) is 25.4. The second-order valence-electron chi connectivity index (χ2n) is 14.2. The molecule has 4 aliphatic rings. The van der Waals surface area contributed by atoms with Crippen LogP contribution in [-0.4, -0.2) is 32.2 Å². The molecular formula is C44H36AlClN8+4. The second kappa shape index (κ2) is 12.6. The van der Waals surface area contributed by atoms with E-state index >= 15 is 0 Å². The van der Waals surface area contributed by atoms with Gasteiger partial charge in [0.1, 0.15) is 28.2 Å². The van der Waals surface area contributed by atoms with E-state index in [1.807, 2.05) is 28.2 Å². The van der Waals surface area contributed by atoms with Crippen LogP contribution in [0.1, 0.15) is 33.6 Å². The Balaban J connectivity index is 1.43. The topological polar surface area (TPSA) is 50.1 Å². The van der Waals surface area contributed by atoms with Gasteiger partial charge in [0.15, 0.2) is 49.6 Å². The highest BCUT2D eigenvalue weighted by Gasteiger charge is 2.37. The first-order valence-corrected chi connectivity index (χ1v) is 20.8. The van der Waals surface area contributed by atoms with E-state index in [9.17, 15) is 0 Å². The molecule has 10 rings (SSSR count). The standard InChI is InChI=1S/C44H36N8.Al.ClH/c1-49-21-13-29(14-22-49)41-33-5-7-35(45-33)42(30-15-23-50(2)24-16-30)37-9-11-39(47-37)44(32-19-27-52(4)28-20-32)40-12-10-38(48-40)43(36-8-6-34(41)46-36)31-17-25-51(3)26-18-31;;/h5-28H,1-4H3;;1H/q+2;+3;/p-1. The molecule has 0 unspecified atom stereocenters. The molecule has 0 N–H and O–H groups in total. The maximum absolute atomic E-state index is 8.31. The Hall–Kier alpha value is -5.98. The zero-order valence-corrected chi connectivity index (χ0v) is 32.3. The van der Waals surface area contributed by atoms with Crippen molar-refractivity contribution in [3.63, 3.8) is 0 Å². The van der Waals surface area contributed by atoms with Crippen molar-refractivity contribution in [1.29, 1.82) is 0 Å². The Morgan fingerprint density at radius 2 is 0.759 bits per heavy atom. The minimum atomic E-state index is -2.74. The first kappa shape index (κ1) is 32.7. The van der Waals surface area contributed by atoms with Gasteiger partial charge in [-0.25, -0.2) is 28.3 Å². The largest absolute Gasteiger partial charge is 0.717 e. The molecule has 54 heavy (non-hydrogen) atoms. The third-order valence-corrected chi connectivity index (χ3v) is 13.8. The summed E-state index contributed by atoms with van der Waals surface area (Å²) in [6.45, 7) is 0. The normalized spacial score (nSPS) is 15.7. The van der Waals surface area contributed by atoms with Gasteiger partial charge in [-0.3, -0.25) is 0 Å². The smallest absolute Gasteiger partial charge is 0.401 e. The highest BCUT2D eigenvalue weighted by molar-refractivity contribution is 7.05. The van der Waals surface area contributed by atoms with E-state index in [0.29, 0.717) is 0 Å². The van der Waals surface area contributed by atoms with Crippen LogP contribution in [0, 0.1) is 0 Å². The summed E-state index contributed by atoms with van der Waals surface area (Å²) in [5.41, 5.74) is 14.1. The van der Waals surface area contributed by atoms with Crippen LogP contribution in [0.15, 0.2) is 168 Å². The van der Waals surface area contributed by atoms with Crippen molar-refractivity contribution in [2.45, 2.75) is 0 Å². The predicted molar refractivity (Wildman–Crippen MR) is 211 cm³/mol. The number of nitrogens with zero attached hydrogens (tertiary/aromatic N) is 8. The summed E-state index contributed by atoms with van der Waals surface area (Å²) in [6, 6.07) is 26.3. The lowest BCUT2D eigenvalue weighted by Crippen LogP contribution is -2.46. The third kappa shape index (κ3) is 5.19. The number of fused-ring (bicyclic) bond motifs is 2. The highest BCUT2D eigenvalue weighted by atomic mass is 35.6. The van der Waals surface area contributed by atoms with Gasteiger partial charge in [-0.2, -0.15) is 10.0 Å². The lowest BCUT2D eigenvalue weighted by atomic mass is 10.0. The maximum Gasteiger partial charge on any atom is 0.717 e. The molecule has 6 aromatic heterocycles. The van der Waals surface area contributed by atoms with E-state index in [4.69, 9.17) is 20.0 Å². The number of aromatic nitrogens is 6. The number of aliphatic imine (C=N–C) groups is 2. The lowest BCUT2D eigenvalue weighted by molar-refractivity contribution is -0.671. The Morgan fingerprint density at radius 1 is 0.426 bits per heavy atom. The van der Waals surface area contributed by atoms with Crippen molar-refractivity contribution >= 4 is 57.4 Å². The molecular weight excluding hydrogens is 703 g/mol. The van der Waals surface area contributed by atoms with Gasteiger partial charge in [-0.05, 0) is 70.8 Å². The van der Waals surface area contributed by atoms with Gasteiger partial charge >= 0.3 is 13.7 Å². The van der Waals surface area contributed by atoms with Gasteiger partial charge in [-0.15, -0.1) is 0 Å². The van der Waals surface area contributed by atoms with E-state index in [0.717, 1.165) is 89.4 Å². The van der Waals surface area contributed by atoms with Crippen LogP contribution in [0.4, 0.5) is 0 Å². The summed E-state index contributed by atoms with van der Waals surface area (Å²) in [5, 5.41) is 2.05.